The topological polar surface area (TPSA) is 147 Å². The van der Waals surface area contributed by atoms with Crippen molar-refractivity contribution in [3.63, 3.8) is 0 Å². The first-order chi connectivity index (χ1) is 58.5. The van der Waals surface area contributed by atoms with Crippen molar-refractivity contribution in [2.24, 2.45) is 0 Å². The van der Waals surface area contributed by atoms with E-state index in [1.165, 1.54) is 38.9 Å². The van der Waals surface area contributed by atoms with Gasteiger partial charge in [0.05, 0.1) is 33.6 Å². The van der Waals surface area contributed by atoms with Crippen LogP contribution < -0.4 is 9.47 Å². The fourth-order valence-corrected chi connectivity index (χ4v) is 17.9. The van der Waals surface area contributed by atoms with Crippen LogP contribution in [0.1, 0.15) is 44.5 Å². The van der Waals surface area contributed by atoms with Crippen LogP contribution in [0.25, 0.3) is 147 Å². The zero-order valence-corrected chi connectivity index (χ0v) is 63.4. The van der Waals surface area contributed by atoms with Gasteiger partial charge in [0.25, 0.3) is 0 Å². The van der Waals surface area contributed by atoms with E-state index < -0.39 is 10.8 Å². The van der Waals surface area contributed by atoms with E-state index >= 15 is 0 Å². The maximum absolute atomic E-state index is 6.59. The second-order valence-corrected chi connectivity index (χ2v) is 29.6. The zero-order valence-electron chi connectivity index (χ0n) is 63.4. The number of ether oxygens (including phenoxy) is 2. The average molecular weight is 1510 g/mol. The molecule has 552 valence electrons. The standard InChI is InChI=1S/C55H34N6O.C51H32N4O/c1-2-15-36(16-3-1)52-59-53(37-29-27-35(28-30-37)38-33-47(45-23-10-12-31-56-45)58-48(34-38)46-24-11-13-32-57-46)61-54(60-52)40-18-14-22-44-51(40)39-17-4-5-19-41(39)55(44)42-20-6-8-25-49(42)62-50-26-9-7-21-43(50)55;1-2-11-36(12-3-1)48-53-49(37-25-21-33(22-26-37)34-29-31-52-32-30-34)55-50(54-48)38-27-23-35(24-28-38)39-14-10-18-44-47(39)40-13-4-5-15-41(40)51(44)42-16-6-8-19-45(42)56-46-20-9-7-17-43(46)51/h1-34H;1-32H. The molecular weight excluding hydrogens is 1450 g/mol. The fourth-order valence-electron chi connectivity index (χ4n) is 17.9. The van der Waals surface area contributed by atoms with Gasteiger partial charge in [0.2, 0.25) is 0 Å². The number of aromatic nitrogens is 10. The molecular formula is C106H66N10O2. The molecule has 2 aliphatic carbocycles. The summed E-state index contributed by atoms with van der Waals surface area (Å²) in [6, 6.07) is 130. The molecule has 0 fully saturated rings. The lowest BCUT2D eigenvalue weighted by molar-refractivity contribution is 0.436. The second-order valence-electron chi connectivity index (χ2n) is 29.6. The summed E-state index contributed by atoms with van der Waals surface area (Å²) in [5.74, 6) is 7.14. The van der Waals surface area contributed by atoms with E-state index in [0.29, 0.717) is 34.9 Å². The van der Waals surface area contributed by atoms with Crippen LogP contribution in [0.2, 0.25) is 0 Å². The molecule has 6 aromatic heterocycles. The van der Waals surface area contributed by atoms with E-state index in [2.05, 4.69) is 270 Å². The maximum atomic E-state index is 6.59. The fraction of sp³-hybridized carbons (Fsp3) is 0.0189. The third-order valence-electron chi connectivity index (χ3n) is 23.1. The summed E-state index contributed by atoms with van der Waals surface area (Å²) in [6.45, 7) is 0. The van der Waals surface area contributed by atoms with Gasteiger partial charge in [-0.2, -0.15) is 0 Å². The van der Waals surface area contributed by atoms with Crippen molar-refractivity contribution in [3.05, 3.63) is 445 Å². The van der Waals surface area contributed by atoms with Gasteiger partial charge in [0, 0.05) is 80.4 Å². The summed E-state index contributed by atoms with van der Waals surface area (Å²) in [5.41, 5.74) is 28.2. The Morgan fingerprint density at radius 2 is 0.483 bits per heavy atom. The predicted molar refractivity (Wildman–Crippen MR) is 465 cm³/mol. The highest BCUT2D eigenvalue weighted by Gasteiger charge is 2.53. The van der Waals surface area contributed by atoms with E-state index in [4.69, 9.17) is 44.4 Å². The Labute approximate surface area is 681 Å². The predicted octanol–water partition coefficient (Wildman–Crippen LogP) is 24.6. The highest BCUT2D eigenvalue weighted by atomic mass is 16.5. The van der Waals surface area contributed by atoms with Crippen LogP contribution >= 0.6 is 0 Å². The highest BCUT2D eigenvalue weighted by molar-refractivity contribution is 5.98. The lowest BCUT2D eigenvalue weighted by atomic mass is 9.66. The van der Waals surface area contributed by atoms with Crippen molar-refractivity contribution in [1.29, 1.82) is 0 Å². The molecule has 0 unspecified atom stereocenters. The Kier molecular flexibility index (Phi) is 16.7. The lowest BCUT2D eigenvalue weighted by Crippen LogP contribution is -2.32. The second kappa shape index (κ2) is 28.6. The molecule has 12 heteroatoms. The summed E-state index contributed by atoms with van der Waals surface area (Å²) in [5, 5.41) is 0. The van der Waals surface area contributed by atoms with Gasteiger partial charge in [-0.15, -0.1) is 0 Å². The van der Waals surface area contributed by atoms with Crippen LogP contribution in [0, 0.1) is 0 Å². The van der Waals surface area contributed by atoms with Gasteiger partial charge < -0.3 is 9.47 Å². The molecule has 2 aliphatic heterocycles. The van der Waals surface area contributed by atoms with E-state index in [0.717, 1.165) is 140 Å². The molecule has 23 rings (SSSR count). The van der Waals surface area contributed by atoms with Crippen LogP contribution in [-0.4, -0.2) is 49.8 Å². The number of hydrogen-bond donors (Lipinski definition) is 0. The molecule has 2 spiro atoms. The summed E-state index contributed by atoms with van der Waals surface area (Å²) in [4.78, 5) is 49.1. The molecule has 4 aliphatic rings. The van der Waals surface area contributed by atoms with Crippen LogP contribution in [0.3, 0.4) is 0 Å². The minimum atomic E-state index is -0.610. The van der Waals surface area contributed by atoms with Gasteiger partial charge in [0.1, 0.15) is 23.0 Å². The highest BCUT2D eigenvalue weighted by Crippen LogP contribution is 2.65. The van der Waals surface area contributed by atoms with Gasteiger partial charge in [-0.25, -0.2) is 34.9 Å². The summed E-state index contributed by atoms with van der Waals surface area (Å²) in [7, 11) is 0. The third kappa shape index (κ3) is 11.5. The Balaban J connectivity index is 0.000000143. The van der Waals surface area contributed by atoms with Crippen LogP contribution in [-0.2, 0) is 10.8 Å². The Morgan fingerprint density at radius 1 is 0.178 bits per heavy atom. The molecule has 0 bridgehead atoms. The number of rotatable bonds is 11. The van der Waals surface area contributed by atoms with Gasteiger partial charge in [-0.1, -0.05) is 303 Å². The SMILES string of the molecule is c1ccc(-c2nc(-c3ccc(-c4cc(-c5ccccn5)nc(-c5ccccn5)c4)cc3)nc(-c3cccc4c3-c3ccccc3C43c4ccccc4Oc4ccccc43)n2)cc1.c1ccc(-c2nc(-c3ccc(-c4ccncc4)cc3)nc(-c3ccc(-c4cccc5c4-c4ccccc4C54c5ccccc5Oc5ccccc54)cc3)n2)cc1. The molecule has 19 aromatic rings. The maximum Gasteiger partial charge on any atom is 0.164 e. The van der Waals surface area contributed by atoms with E-state index in [1.54, 1.807) is 12.4 Å². The number of para-hydroxylation sites is 4. The van der Waals surface area contributed by atoms with Crippen molar-refractivity contribution in [1.82, 2.24) is 49.8 Å². The van der Waals surface area contributed by atoms with Crippen molar-refractivity contribution in [3.8, 4) is 170 Å². The summed E-state index contributed by atoms with van der Waals surface area (Å²) < 4.78 is 13.1. The molecule has 0 saturated carbocycles. The zero-order chi connectivity index (χ0) is 78.1. The number of fused-ring (bicyclic) bond motifs is 18. The van der Waals surface area contributed by atoms with Gasteiger partial charge in [0.15, 0.2) is 34.9 Å². The van der Waals surface area contributed by atoms with Crippen molar-refractivity contribution in [2.75, 3.05) is 0 Å². The Hall–Kier alpha value is -15.9. The first kappa shape index (κ1) is 68.8. The van der Waals surface area contributed by atoms with E-state index in [-0.39, 0.29) is 0 Å². The largest absolute Gasteiger partial charge is 0.457 e. The van der Waals surface area contributed by atoms with Gasteiger partial charge in [-0.05, 0) is 151 Å². The number of hydrogen-bond acceptors (Lipinski definition) is 12. The summed E-state index contributed by atoms with van der Waals surface area (Å²) >= 11 is 0. The van der Waals surface area contributed by atoms with Crippen molar-refractivity contribution < 1.29 is 9.47 Å². The first-order valence-electron chi connectivity index (χ1n) is 39.4. The molecule has 0 N–H and O–H groups in total. The average Bonchev–Trinajstić information content (AvgIpc) is 1.51. The molecule has 13 aromatic carbocycles. The minimum absolute atomic E-state index is 0.515. The molecule has 118 heavy (non-hydrogen) atoms. The minimum Gasteiger partial charge on any atom is -0.457 e. The molecule has 12 nitrogen and oxygen atoms in total. The smallest absolute Gasteiger partial charge is 0.164 e. The third-order valence-corrected chi connectivity index (χ3v) is 23.1. The molecule has 0 saturated heterocycles. The molecule has 8 heterocycles. The lowest BCUT2D eigenvalue weighted by Gasteiger charge is -2.39. The molecule has 0 atom stereocenters. The summed E-state index contributed by atoms with van der Waals surface area (Å²) in [6.07, 6.45) is 7.19. The quantitative estimate of drug-likeness (QED) is 0.121. The van der Waals surface area contributed by atoms with Crippen molar-refractivity contribution in [2.45, 2.75) is 10.8 Å². The molecule has 0 radical (unpaired) electrons. The normalized spacial score (nSPS) is 12.8. The van der Waals surface area contributed by atoms with Crippen LogP contribution in [0.5, 0.6) is 23.0 Å². The number of benzene rings is 13. The number of nitrogens with zero attached hydrogens (tertiary/aromatic N) is 10. The molecule has 0 amide bonds. The van der Waals surface area contributed by atoms with Gasteiger partial charge in [-0.3, -0.25) is 15.0 Å². The number of pyridine rings is 4. The van der Waals surface area contributed by atoms with Crippen LogP contribution in [0.15, 0.2) is 401 Å². The van der Waals surface area contributed by atoms with E-state index in [1.807, 2.05) is 134 Å². The Morgan fingerprint density at radius 3 is 0.898 bits per heavy atom. The first-order valence-corrected chi connectivity index (χ1v) is 39.4. The van der Waals surface area contributed by atoms with Crippen LogP contribution in [0.4, 0.5) is 0 Å². The van der Waals surface area contributed by atoms with Crippen molar-refractivity contribution >= 4 is 0 Å². The van der Waals surface area contributed by atoms with E-state index in [9.17, 15) is 0 Å². The monoisotopic (exact) mass is 1510 g/mol. The Bertz CT molecular complexity index is 6950. The van der Waals surface area contributed by atoms with Gasteiger partial charge >= 0.3 is 0 Å².